The first kappa shape index (κ1) is 14.8. The second-order valence-corrected chi connectivity index (χ2v) is 7.48. The van der Waals surface area contributed by atoms with Crippen LogP contribution in [-0.2, 0) is 6.54 Å². The number of aryl methyl sites for hydroxylation is 1. The first-order valence-electron chi connectivity index (χ1n) is 8.90. The van der Waals surface area contributed by atoms with Crippen molar-refractivity contribution in [3.05, 3.63) is 41.1 Å². The molecule has 4 heterocycles. The number of fused-ring (bicyclic) bond motifs is 1. The molecule has 0 bridgehead atoms. The molecule has 0 aliphatic carbocycles. The molecule has 1 aromatic heterocycles. The highest BCUT2D eigenvalue weighted by Gasteiger charge is 2.43. The predicted octanol–water partition coefficient (Wildman–Crippen LogP) is 2.26. The maximum atomic E-state index is 4.78. The van der Waals surface area contributed by atoms with Gasteiger partial charge < -0.3 is 15.5 Å². The molecule has 3 aliphatic rings. The molecule has 0 radical (unpaired) electrons. The fraction of sp³-hybridized carbons (Fsp3) is 0.421. The largest absolute Gasteiger partial charge is 0.340 e. The molecular weight excluding hydrogens is 312 g/mol. The van der Waals surface area contributed by atoms with Crippen LogP contribution in [0.3, 0.4) is 0 Å². The number of aromatic nitrogens is 2. The van der Waals surface area contributed by atoms with Crippen LogP contribution in [0.5, 0.6) is 0 Å². The van der Waals surface area contributed by atoms with Crippen molar-refractivity contribution < 1.29 is 0 Å². The van der Waals surface area contributed by atoms with Crippen LogP contribution in [0.1, 0.15) is 23.2 Å². The predicted molar refractivity (Wildman–Crippen MR) is 99.9 cm³/mol. The number of hydrogen-bond donors (Lipinski definition) is 2. The normalized spacial score (nSPS) is 20.0. The second kappa shape index (κ2) is 5.52. The van der Waals surface area contributed by atoms with E-state index in [0.29, 0.717) is 5.41 Å². The third-order valence-corrected chi connectivity index (χ3v) is 5.47. The Kier molecular flexibility index (Phi) is 3.28. The van der Waals surface area contributed by atoms with Crippen LogP contribution in [-0.4, -0.2) is 42.4 Å². The first-order valence-corrected chi connectivity index (χ1v) is 8.90. The van der Waals surface area contributed by atoms with Gasteiger partial charge in [0.25, 0.3) is 0 Å². The van der Waals surface area contributed by atoms with Crippen molar-refractivity contribution in [2.45, 2.75) is 19.9 Å². The lowest BCUT2D eigenvalue weighted by molar-refractivity contribution is 0.199. The van der Waals surface area contributed by atoms with E-state index in [9.17, 15) is 0 Å². The van der Waals surface area contributed by atoms with E-state index in [0.717, 1.165) is 55.9 Å². The molecule has 6 heteroatoms. The van der Waals surface area contributed by atoms with Crippen molar-refractivity contribution in [3.63, 3.8) is 0 Å². The van der Waals surface area contributed by atoms with Crippen molar-refractivity contribution in [1.29, 1.82) is 0 Å². The summed E-state index contributed by atoms with van der Waals surface area (Å²) in [5.74, 6) is 1.69. The van der Waals surface area contributed by atoms with Gasteiger partial charge in [-0.25, -0.2) is 4.98 Å². The van der Waals surface area contributed by atoms with Crippen molar-refractivity contribution in [3.8, 4) is 0 Å². The Hall–Kier alpha value is -2.47. The van der Waals surface area contributed by atoms with Gasteiger partial charge in [-0.3, -0.25) is 4.99 Å². The number of nitrogens with zero attached hydrogens (tertiary/aromatic N) is 4. The van der Waals surface area contributed by atoms with Gasteiger partial charge in [0.1, 0.15) is 5.82 Å². The minimum atomic E-state index is 0.444. The minimum Gasteiger partial charge on any atom is -0.340 e. The van der Waals surface area contributed by atoms with Crippen LogP contribution in [0, 0.1) is 12.3 Å². The lowest BCUT2D eigenvalue weighted by atomic mass is 9.81. The smallest absolute Gasteiger partial charge is 0.227 e. The van der Waals surface area contributed by atoms with E-state index < -0.39 is 0 Å². The number of aliphatic imine (C=N–C) groups is 1. The molecule has 2 N–H and O–H groups in total. The summed E-state index contributed by atoms with van der Waals surface area (Å²) in [7, 11) is 0. The van der Waals surface area contributed by atoms with Crippen molar-refractivity contribution in [1.82, 2.24) is 15.3 Å². The fourth-order valence-electron chi connectivity index (χ4n) is 3.96. The summed E-state index contributed by atoms with van der Waals surface area (Å²) in [6.07, 6.45) is 3.16. The Labute approximate surface area is 147 Å². The molecule has 1 spiro atoms. The molecule has 128 valence electrons. The monoisotopic (exact) mass is 334 g/mol. The summed E-state index contributed by atoms with van der Waals surface area (Å²) in [6.45, 7) is 7.16. The van der Waals surface area contributed by atoms with Gasteiger partial charge in [0, 0.05) is 55.3 Å². The highest BCUT2D eigenvalue weighted by molar-refractivity contribution is 5.86. The Morgan fingerprint density at radius 2 is 2.12 bits per heavy atom. The van der Waals surface area contributed by atoms with E-state index in [-0.39, 0.29) is 0 Å². The van der Waals surface area contributed by atoms with E-state index in [4.69, 9.17) is 4.98 Å². The van der Waals surface area contributed by atoms with Gasteiger partial charge in [-0.15, -0.1) is 0 Å². The van der Waals surface area contributed by atoms with Gasteiger partial charge in [0.2, 0.25) is 5.95 Å². The third kappa shape index (κ3) is 2.66. The lowest BCUT2D eigenvalue weighted by Gasteiger charge is -2.39. The second-order valence-electron chi connectivity index (χ2n) is 7.48. The zero-order valence-electron chi connectivity index (χ0n) is 14.4. The van der Waals surface area contributed by atoms with Crippen molar-refractivity contribution in [2.24, 2.45) is 10.4 Å². The summed E-state index contributed by atoms with van der Waals surface area (Å²) in [4.78, 5) is 16.1. The zero-order valence-corrected chi connectivity index (χ0v) is 14.4. The van der Waals surface area contributed by atoms with Gasteiger partial charge in [-0.1, -0.05) is 6.07 Å². The van der Waals surface area contributed by atoms with Crippen LogP contribution in [0.4, 0.5) is 17.5 Å². The number of benzene rings is 1. The molecule has 2 fully saturated rings. The number of rotatable bonds is 3. The quantitative estimate of drug-likeness (QED) is 0.901. The van der Waals surface area contributed by atoms with E-state index >= 15 is 0 Å². The molecule has 3 aliphatic heterocycles. The molecule has 0 atom stereocenters. The topological polar surface area (TPSA) is 65.4 Å². The number of anilines is 3. The van der Waals surface area contributed by atoms with E-state index in [1.165, 1.54) is 17.5 Å². The van der Waals surface area contributed by atoms with E-state index in [2.05, 4.69) is 43.7 Å². The molecule has 1 aromatic carbocycles. The van der Waals surface area contributed by atoms with E-state index in [1.807, 2.05) is 19.2 Å². The molecule has 6 nitrogen and oxygen atoms in total. The van der Waals surface area contributed by atoms with E-state index in [1.54, 1.807) is 0 Å². The Balaban J connectivity index is 1.39. The van der Waals surface area contributed by atoms with Gasteiger partial charge >= 0.3 is 0 Å². The third-order valence-electron chi connectivity index (χ3n) is 5.47. The SMILES string of the molecule is Cc1cc(Nc2ccc3c(c2)C=NC3)nc(N2CCC3(CNC3)C2)n1. The molecule has 2 aromatic rings. The molecule has 5 rings (SSSR count). The van der Waals surface area contributed by atoms with Crippen LogP contribution in [0.25, 0.3) is 0 Å². The number of hydrogen-bond acceptors (Lipinski definition) is 6. The summed E-state index contributed by atoms with van der Waals surface area (Å²) in [6, 6.07) is 8.36. The Morgan fingerprint density at radius 3 is 2.92 bits per heavy atom. The molecular formula is C19H22N6. The fourth-order valence-corrected chi connectivity index (χ4v) is 3.96. The molecule has 0 saturated carbocycles. The van der Waals surface area contributed by atoms with Crippen LogP contribution in [0.2, 0.25) is 0 Å². The molecule has 2 saturated heterocycles. The van der Waals surface area contributed by atoms with Crippen molar-refractivity contribution in [2.75, 3.05) is 36.4 Å². The van der Waals surface area contributed by atoms with Crippen LogP contribution in [0.15, 0.2) is 29.3 Å². The van der Waals surface area contributed by atoms with Crippen molar-refractivity contribution >= 4 is 23.7 Å². The molecule has 25 heavy (non-hydrogen) atoms. The van der Waals surface area contributed by atoms with Crippen LogP contribution >= 0.6 is 0 Å². The highest BCUT2D eigenvalue weighted by atomic mass is 15.3. The Bertz CT molecular complexity index is 855. The van der Waals surface area contributed by atoms with Gasteiger partial charge in [0.15, 0.2) is 0 Å². The number of nitrogens with one attached hydrogen (secondary N) is 2. The Morgan fingerprint density at radius 1 is 1.20 bits per heavy atom. The highest BCUT2D eigenvalue weighted by Crippen LogP contribution is 2.35. The average molecular weight is 334 g/mol. The molecule has 0 unspecified atom stereocenters. The summed E-state index contributed by atoms with van der Waals surface area (Å²) >= 11 is 0. The van der Waals surface area contributed by atoms with Crippen LogP contribution < -0.4 is 15.5 Å². The zero-order chi connectivity index (χ0) is 16.9. The summed E-state index contributed by atoms with van der Waals surface area (Å²) in [5, 5.41) is 6.84. The maximum Gasteiger partial charge on any atom is 0.227 e. The summed E-state index contributed by atoms with van der Waals surface area (Å²) < 4.78 is 0. The maximum absolute atomic E-state index is 4.78. The van der Waals surface area contributed by atoms with Gasteiger partial charge in [-0.2, -0.15) is 4.98 Å². The average Bonchev–Trinajstić information content (AvgIpc) is 3.20. The lowest BCUT2D eigenvalue weighted by Crippen LogP contribution is -2.54. The minimum absolute atomic E-state index is 0.444. The summed E-state index contributed by atoms with van der Waals surface area (Å²) in [5.41, 5.74) is 4.94. The molecule has 0 amide bonds. The van der Waals surface area contributed by atoms with Gasteiger partial charge in [-0.05, 0) is 36.6 Å². The standard InChI is InChI=1S/C19H22N6/c1-13-6-17(23-16-3-2-14-8-20-9-15(14)7-16)24-18(22-13)25-5-4-19(12-25)10-21-11-19/h2-3,6-7,9,21H,4-5,8,10-12H2,1H3,(H,22,23,24). The van der Waals surface area contributed by atoms with Gasteiger partial charge in [0.05, 0.1) is 6.54 Å². The first-order chi connectivity index (χ1) is 12.2.